The summed E-state index contributed by atoms with van der Waals surface area (Å²) in [5.74, 6) is -0.223. The van der Waals surface area contributed by atoms with E-state index in [0.717, 1.165) is 47.8 Å². The predicted octanol–water partition coefficient (Wildman–Crippen LogP) is 5.26. The second-order valence-corrected chi connectivity index (χ2v) is 10.1. The number of hydrogen-bond acceptors (Lipinski definition) is 5. The van der Waals surface area contributed by atoms with Crippen molar-refractivity contribution in [2.45, 2.75) is 56.4 Å². The highest BCUT2D eigenvalue weighted by atomic mass is 16.6. The molecule has 0 aliphatic heterocycles. The lowest BCUT2D eigenvalue weighted by atomic mass is 9.71. The second kappa shape index (κ2) is 10.5. The van der Waals surface area contributed by atoms with Crippen molar-refractivity contribution >= 4 is 22.9 Å². The number of nitrogens with one attached hydrogen (secondary N) is 3. The zero-order valence-corrected chi connectivity index (χ0v) is 21.0. The lowest BCUT2D eigenvalue weighted by Crippen LogP contribution is -2.60. The Labute approximate surface area is 215 Å². The fourth-order valence-electron chi connectivity index (χ4n) is 5.38. The number of pyridine rings is 1. The predicted molar refractivity (Wildman–Crippen MR) is 140 cm³/mol. The molecule has 2 amide bonds. The van der Waals surface area contributed by atoms with Gasteiger partial charge < -0.3 is 24.8 Å². The number of fused-ring (bicyclic) bond motifs is 1. The molecule has 37 heavy (non-hydrogen) atoms. The number of aromatic amines is 1. The van der Waals surface area contributed by atoms with Gasteiger partial charge in [0.1, 0.15) is 5.54 Å². The summed E-state index contributed by atoms with van der Waals surface area (Å²) in [6, 6.07) is 17.0. The molecular weight excluding hydrogens is 468 g/mol. The van der Waals surface area contributed by atoms with Crippen LogP contribution in [0.2, 0.25) is 0 Å². The van der Waals surface area contributed by atoms with Gasteiger partial charge in [-0.15, -0.1) is 0 Å². The van der Waals surface area contributed by atoms with Gasteiger partial charge in [0, 0.05) is 53.4 Å². The molecule has 1 atom stereocenters. The van der Waals surface area contributed by atoms with Crippen molar-refractivity contribution in [1.82, 2.24) is 20.6 Å². The van der Waals surface area contributed by atoms with Crippen LogP contribution in [0.15, 0.2) is 77.7 Å². The van der Waals surface area contributed by atoms with E-state index in [2.05, 4.69) is 20.6 Å². The van der Waals surface area contributed by atoms with Gasteiger partial charge in [-0.3, -0.25) is 9.78 Å². The minimum absolute atomic E-state index is 0.0589. The van der Waals surface area contributed by atoms with Gasteiger partial charge in [0.15, 0.2) is 0 Å². The Morgan fingerprint density at radius 2 is 1.89 bits per heavy atom. The lowest BCUT2D eigenvalue weighted by molar-refractivity contribution is -0.127. The van der Waals surface area contributed by atoms with E-state index in [1.165, 1.54) is 18.8 Å². The number of aromatic nitrogens is 2. The SMILES string of the molecule is C[C@@](Cc1c[nH]c2ccccc12)(NC(=O)Oc1ccco1)C(=O)NCC1(c2ccccn2)CCCCC1. The number of carbonyl (C=O) groups excluding carboxylic acids is 2. The third kappa shape index (κ3) is 5.38. The van der Waals surface area contributed by atoms with Crippen molar-refractivity contribution in [3.63, 3.8) is 0 Å². The largest absolute Gasteiger partial charge is 0.434 e. The van der Waals surface area contributed by atoms with Crippen LogP contribution in [0.5, 0.6) is 5.95 Å². The fraction of sp³-hybridized carbons (Fsp3) is 0.345. The van der Waals surface area contributed by atoms with Crippen LogP contribution in [0, 0.1) is 0 Å². The summed E-state index contributed by atoms with van der Waals surface area (Å²) in [6.07, 6.45) is 9.89. The number of H-pyrrole nitrogens is 1. The van der Waals surface area contributed by atoms with E-state index in [4.69, 9.17) is 9.15 Å². The van der Waals surface area contributed by atoms with Gasteiger partial charge in [-0.1, -0.05) is 43.5 Å². The van der Waals surface area contributed by atoms with Crippen molar-refractivity contribution in [3.05, 3.63) is 84.5 Å². The fourth-order valence-corrected chi connectivity index (χ4v) is 5.38. The summed E-state index contributed by atoms with van der Waals surface area (Å²) in [7, 11) is 0. The van der Waals surface area contributed by atoms with Crippen molar-refractivity contribution in [3.8, 4) is 5.95 Å². The first-order chi connectivity index (χ1) is 18.0. The minimum Gasteiger partial charge on any atom is -0.434 e. The van der Waals surface area contributed by atoms with E-state index in [9.17, 15) is 9.59 Å². The van der Waals surface area contributed by atoms with Crippen LogP contribution < -0.4 is 15.4 Å². The number of rotatable bonds is 8. The third-order valence-corrected chi connectivity index (χ3v) is 7.39. The molecule has 5 rings (SSSR count). The highest BCUT2D eigenvalue weighted by Gasteiger charge is 2.40. The smallest absolute Gasteiger partial charge is 0.415 e. The first-order valence-electron chi connectivity index (χ1n) is 12.8. The van der Waals surface area contributed by atoms with Crippen LogP contribution in [0.1, 0.15) is 50.3 Å². The molecule has 0 spiro atoms. The molecule has 1 aliphatic rings. The maximum atomic E-state index is 13.8. The number of amides is 2. The summed E-state index contributed by atoms with van der Waals surface area (Å²) in [5.41, 5.74) is 1.37. The Bertz CT molecular complexity index is 1340. The van der Waals surface area contributed by atoms with Crippen molar-refractivity contribution in [2.24, 2.45) is 0 Å². The average molecular weight is 501 g/mol. The number of hydrogen-bond donors (Lipinski definition) is 3. The van der Waals surface area contributed by atoms with E-state index in [1.54, 1.807) is 19.2 Å². The number of benzene rings is 1. The topological polar surface area (TPSA) is 109 Å². The molecule has 0 bridgehead atoms. The maximum absolute atomic E-state index is 13.8. The normalized spacial score (nSPS) is 16.6. The first kappa shape index (κ1) is 24.6. The quantitative estimate of drug-likeness (QED) is 0.306. The molecule has 8 nitrogen and oxygen atoms in total. The number of carbonyl (C=O) groups is 2. The van der Waals surface area contributed by atoms with Gasteiger partial charge in [-0.25, -0.2) is 4.79 Å². The third-order valence-electron chi connectivity index (χ3n) is 7.39. The molecule has 192 valence electrons. The standard InChI is InChI=1S/C29H32N4O4/c1-28(33-27(35)37-25-13-9-17-36-25,18-21-19-31-23-11-4-3-10-22(21)23)26(34)32-20-29(14-6-2-7-15-29)24-12-5-8-16-30-24/h3-5,8-13,16-17,19,31H,2,6-7,14-15,18,20H2,1H3,(H,32,34)(H,33,35)/t28-/m0/s1. The van der Waals surface area contributed by atoms with E-state index >= 15 is 0 Å². The molecule has 4 aromatic rings. The van der Waals surface area contributed by atoms with Gasteiger partial charge in [0.05, 0.1) is 6.26 Å². The van der Waals surface area contributed by atoms with Gasteiger partial charge in [-0.05, 0) is 49.6 Å². The molecular formula is C29H32N4O4. The van der Waals surface area contributed by atoms with E-state index in [1.807, 2.05) is 48.7 Å². The molecule has 1 fully saturated rings. The number of furan rings is 1. The molecule has 0 saturated heterocycles. The Morgan fingerprint density at radius 3 is 2.65 bits per heavy atom. The van der Waals surface area contributed by atoms with Crippen LogP contribution in [0.4, 0.5) is 4.79 Å². The Hall–Kier alpha value is -4.07. The van der Waals surface area contributed by atoms with Crippen LogP contribution in [0.25, 0.3) is 10.9 Å². The summed E-state index contributed by atoms with van der Waals surface area (Å²) in [6.45, 7) is 2.17. The highest BCUT2D eigenvalue weighted by molar-refractivity contribution is 5.91. The van der Waals surface area contributed by atoms with E-state index in [-0.39, 0.29) is 23.7 Å². The van der Waals surface area contributed by atoms with Crippen LogP contribution >= 0.6 is 0 Å². The van der Waals surface area contributed by atoms with Gasteiger partial charge in [0.25, 0.3) is 5.95 Å². The zero-order valence-electron chi connectivity index (χ0n) is 21.0. The van der Waals surface area contributed by atoms with Crippen LogP contribution in [0.3, 0.4) is 0 Å². The highest BCUT2D eigenvalue weighted by Crippen LogP contribution is 2.38. The summed E-state index contributed by atoms with van der Waals surface area (Å²) < 4.78 is 10.4. The van der Waals surface area contributed by atoms with Gasteiger partial charge >= 0.3 is 6.09 Å². The van der Waals surface area contributed by atoms with Crippen molar-refractivity contribution in [2.75, 3.05) is 6.54 Å². The molecule has 3 N–H and O–H groups in total. The number of ether oxygens (including phenoxy) is 1. The Morgan fingerprint density at radius 1 is 1.08 bits per heavy atom. The average Bonchev–Trinajstić information content (AvgIpc) is 3.58. The monoisotopic (exact) mass is 500 g/mol. The molecule has 1 aromatic carbocycles. The summed E-state index contributed by atoms with van der Waals surface area (Å²) in [5, 5.41) is 6.99. The van der Waals surface area contributed by atoms with E-state index < -0.39 is 11.6 Å². The molecule has 0 unspecified atom stereocenters. The summed E-state index contributed by atoms with van der Waals surface area (Å²) >= 11 is 0. The van der Waals surface area contributed by atoms with Crippen molar-refractivity contribution in [1.29, 1.82) is 0 Å². The molecule has 1 aliphatic carbocycles. The van der Waals surface area contributed by atoms with E-state index in [0.29, 0.717) is 6.54 Å². The first-order valence-corrected chi connectivity index (χ1v) is 12.8. The molecule has 1 saturated carbocycles. The molecule has 8 heteroatoms. The van der Waals surface area contributed by atoms with Crippen molar-refractivity contribution < 1.29 is 18.7 Å². The van der Waals surface area contributed by atoms with Gasteiger partial charge in [-0.2, -0.15) is 0 Å². The van der Waals surface area contributed by atoms with Gasteiger partial charge in [0.2, 0.25) is 5.91 Å². The summed E-state index contributed by atoms with van der Waals surface area (Å²) in [4.78, 5) is 34.6. The van der Waals surface area contributed by atoms with Crippen LogP contribution in [-0.2, 0) is 16.6 Å². The lowest BCUT2D eigenvalue weighted by Gasteiger charge is -2.38. The minimum atomic E-state index is -1.28. The number of para-hydroxylation sites is 1. The molecule has 3 heterocycles. The zero-order chi connectivity index (χ0) is 25.7. The van der Waals surface area contributed by atoms with Crippen LogP contribution in [-0.4, -0.2) is 34.1 Å². The number of nitrogens with zero attached hydrogens (tertiary/aromatic N) is 1. The molecule has 0 radical (unpaired) electrons. The second-order valence-electron chi connectivity index (χ2n) is 10.1. The Kier molecular flexibility index (Phi) is 6.99. The molecule has 3 aromatic heterocycles. The Balaban J connectivity index is 1.39. The maximum Gasteiger partial charge on any atom is 0.415 e.